The van der Waals surface area contributed by atoms with Gasteiger partial charge in [-0.05, 0) is 74.2 Å². The first-order valence-corrected chi connectivity index (χ1v) is 13.1. The van der Waals surface area contributed by atoms with E-state index in [0.717, 1.165) is 28.5 Å². The molecule has 0 radical (unpaired) electrons. The monoisotopic (exact) mass is 515 g/mol. The highest BCUT2D eigenvalue weighted by atomic mass is 16.3. The summed E-state index contributed by atoms with van der Waals surface area (Å²) in [6.07, 6.45) is -0.00643. The van der Waals surface area contributed by atoms with Gasteiger partial charge in [0.1, 0.15) is 11.4 Å². The van der Waals surface area contributed by atoms with Gasteiger partial charge in [-0.25, -0.2) is 0 Å². The van der Waals surface area contributed by atoms with Crippen molar-refractivity contribution in [1.29, 1.82) is 0 Å². The molecule has 4 rings (SSSR count). The molecule has 200 valence electrons. The molecule has 0 bridgehead atoms. The number of rotatable bonds is 11. The zero-order valence-corrected chi connectivity index (χ0v) is 22.2. The van der Waals surface area contributed by atoms with Crippen molar-refractivity contribution in [2.45, 2.75) is 58.5 Å². The third-order valence-electron chi connectivity index (χ3n) is 7.02. The highest BCUT2D eigenvalue weighted by Gasteiger charge is 2.18. The van der Waals surface area contributed by atoms with Gasteiger partial charge in [-0.15, -0.1) is 0 Å². The Labute approximate surface area is 223 Å². The van der Waals surface area contributed by atoms with E-state index < -0.39 is 6.10 Å². The highest BCUT2D eigenvalue weighted by Crippen LogP contribution is 2.24. The molecule has 0 spiro atoms. The maximum atomic E-state index is 13.2. The second-order valence-electron chi connectivity index (χ2n) is 9.85. The number of hydrogen-bond donors (Lipinski definition) is 5. The number of carbonyl (C=O) groups excluding carboxylic acids is 1. The first kappa shape index (κ1) is 27.4. The molecule has 3 atom stereocenters. The molecular weight excluding hydrogens is 478 g/mol. The smallest absolute Gasteiger partial charge is 0.268 e. The Morgan fingerprint density at radius 1 is 0.974 bits per heavy atom. The minimum absolute atomic E-state index is 0.0171. The molecule has 0 saturated carbocycles. The van der Waals surface area contributed by atoms with Crippen LogP contribution in [0.4, 0.5) is 0 Å². The van der Waals surface area contributed by atoms with E-state index >= 15 is 0 Å². The van der Waals surface area contributed by atoms with Crippen LogP contribution >= 0.6 is 0 Å². The Kier molecular flexibility index (Phi) is 8.84. The summed E-state index contributed by atoms with van der Waals surface area (Å²) in [6, 6.07) is 22.9. The number of aromatic hydroxyl groups is 1. The fraction of sp³-hybridized carbons (Fsp3) is 0.323. The molecule has 38 heavy (non-hydrogen) atoms. The summed E-state index contributed by atoms with van der Waals surface area (Å²) in [6.45, 7) is 6.84. The number of amides is 1. The molecule has 0 aliphatic heterocycles. The van der Waals surface area contributed by atoms with Crippen molar-refractivity contribution < 1.29 is 20.1 Å². The molecular formula is C31H37N3O4. The molecule has 0 unspecified atom stereocenters. The zero-order valence-electron chi connectivity index (χ0n) is 22.2. The van der Waals surface area contributed by atoms with Crippen LogP contribution < -0.4 is 10.6 Å². The predicted molar refractivity (Wildman–Crippen MR) is 150 cm³/mol. The molecule has 1 heterocycles. The molecule has 3 aromatic carbocycles. The van der Waals surface area contributed by atoms with Gasteiger partial charge < -0.3 is 30.5 Å². The van der Waals surface area contributed by atoms with Crippen LogP contribution in [0.25, 0.3) is 10.9 Å². The quantitative estimate of drug-likeness (QED) is 0.201. The van der Waals surface area contributed by atoms with E-state index in [4.69, 9.17) is 0 Å². The summed E-state index contributed by atoms with van der Waals surface area (Å²) < 4.78 is 2.04. The van der Waals surface area contributed by atoms with Gasteiger partial charge in [0.05, 0.1) is 18.8 Å². The maximum absolute atomic E-state index is 13.2. The normalized spacial score (nSPS) is 13.8. The van der Waals surface area contributed by atoms with Gasteiger partial charge in [0.2, 0.25) is 0 Å². The standard InChI is InChI=1S/C31H37N3O4/c1-4-34-27-12-10-22(14-20(2)32-18-30(37)24-11-13-29(36)26(16-24)19-35)15-25(27)17-28(34)31(38)33-21(3)23-8-6-5-7-9-23/h5-13,15-17,20-21,30,32,35-37H,4,14,18-19H2,1-3H3,(H,33,38)/t20-,21-,30+/m1/s1. The minimum atomic E-state index is -0.760. The first-order valence-electron chi connectivity index (χ1n) is 13.1. The summed E-state index contributed by atoms with van der Waals surface area (Å²) in [5.74, 6) is -0.0769. The number of hydrogen-bond acceptors (Lipinski definition) is 5. The van der Waals surface area contributed by atoms with E-state index in [0.29, 0.717) is 29.9 Å². The van der Waals surface area contributed by atoms with E-state index in [9.17, 15) is 20.1 Å². The van der Waals surface area contributed by atoms with Crippen LogP contribution in [-0.2, 0) is 19.6 Å². The number of phenols is 1. The fourth-order valence-corrected chi connectivity index (χ4v) is 4.87. The van der Waals surface area contributed by atoms with Crippen LogP contribution in [0.1, 0.15) is 65.7 Å². The lowest BCUT2D eigenvalue weighted by Crippen LogP contribution is -2.32. The topological polar surface area (TPSA) is 107 Å². The van der Waals surface area contributed by atoms with Gasteiger partial charge in [-0.3, -0.25) is 4.79 Å². The average Bonchev–Trinajstić information content (AvgIpc) is 3.30. The van der Waals surface area contributed by atoms with Crippen molar-refractivity contribution in [3.05, 3.63) is 101 Å². The van der Waals surface area contributed by atoms with E-state index in [1.54, 1.807) is 12.1 Å². The highest BCUT2D eigenvalue weighted by molar-refractivity contribution is 5.99. The lowest BCUT2D eigenvalue weighted by molar-refractivity contribution is 0.0931. The van der Waals surface area contributed by atoms with Crippen molar-refractivity contribution in [1.82, 2.24) is 15.2 Å². The molecule has 0 aliphatic rings. The Bertz CT molecular complexity index is 1380. The molecule has 1 aromatic heterocycles. The minimum Gasteiger partial charge on any atom is -0.508 e. The van der Waals surface area contributed by atoms with Crippen LogP contribution in [0.15, 0.2) is 72.8 Å². The maximum Gasteiger partial charge on any atom is 0.268 e. The zero-order chi connectivity index (χ0) is 27.2. The third-order valence-corrected chi connectivity index (χ3v) is 7.02. The predicted octanol–water partition coefficient (Wildman–Crippen LogP) is 4.60. The van der Waals surface area contributed by atoms with Gasteiger partial charge in [0.25, 0.3) is 5.91 Å². The third kappa shape index (κ3) is 6.25. The number of fused-ring (bicyclic) bond motifs is 1. The molecule has 0 saturated heterocycles. The first-order chi connectivity index (χ1) is 18.3. The number of benzene rings is 3. The summed E-state index contributed by atoms with van der Waals surface area (Å²) in [5, 5.41) is 37.2. The lowest BCUT2D eigenvalue weighted by Gasteiger charge is -2.18. The largest absolute Gasteiger partial charge is 0.508 e. The Hall–Kier alpha value is -3.65. The van der Waals surface area contributed by atoms with Crippen LogP contribution in [0, 0.1) is 0 Å². The van der Waals surface area contributed by atoms with Gasteiger partial charge in [0, 0.05) is 35.6 Å². The Morgan fingerprint density at radius 2 is 1.74 bits per heavy atom. The van der Waals surface area contributed by atoms with Crippen LogP contribution in [-0.4, -0.2) is 38.4 Å². The van der Waals surface area contributed by atoms with Crippen LogP contribution in [0.2, 0.25) is 0 Å². The second kappa shape index (κ2) is 12.3. The summed E-state index contributed by atoms with van der Waals surface area (Å²) in [7, 11) is 0. The Balaban J connectivity index is 1.42. The molecule has 0 aliphatic carbocycles. The molecule has 0 fully saturated rings. The van der Waals surface area contributed by atoms with Crippen molar-refractivity contribution >= 4 is 16.8 Å². The van der Waals surface area contributed by atoms with Crippen molar-refractivity contribution in [2.24, 2.45) is 0 Å². The Morgan fingerprint density at radius 3 is 2.45 bits per heavy atom. The summed E-state index contributed by atoms with van der Waals surface area (Å²) in [4.78, 5) is 13.2. The number of aliphatic hydroxyl groups is 2. The molecule has 7 nitrogen and oxygen atoms in total. The fourth-order valence-electron chi connectivity index (χ4n) is 4.87. The van der Waals surface area contributed by atoms with Gasteiger partial charge in [-0.1, -0.05) is 42.5 Å². The number of aryl methyl sites for hydroxylation is 1. The summed E-state index contributed by atoms with van der Waals surface area (Å²) in [5.41, 5.74) is 4.90. The van der Waals surface area contributed by atoms with Gasteiger partial charge in [0.15, 0.2) is 0 Å². The van der Waals surface area contributed by atoms with E-state index in [1.807, 2.05) is 54.8 Å². The van der Waals surface area contributed by atoms with Gasteiger partial charge >= 0.3 is 0 Å². The second-order valence-corrected chi connectivity index (χ2v) is 9.85. The van der Waals surface area contributed by atoms with Crippen LogP contribution in [0.5, 0.6) is 5.75 Å². The van der Waals surface area contributed by atoms with Crippen LogP contribution in [0.3, 0.4) is 0 Å². The molecule has 5 N–H and O–H groups in total. The SMILES string of the molecule is CCn1c(C(=O)N[C@H](C)c2ccccc2)cc2cc(C[C@@H](C)NC[C@H](O)c3ccc(O)c(CO)c3)ccc21. The molecule has 4 aromatic rings. The molecule has 1 amide bonds. The van der Waals surface area contributed by atoms with Crippen molar-refractivity contribution in [2.75, 3.05) is 6.54 Å². The van der Waals surface area contributed by atoms with E-state index in [1.165, 1.54) is 6.07 Å². The summed E-state index contributed by atoms with van der Waals surface area (Å²) >= 11 is 0. The number of carbonyl (C=O) groups is 1. The van der Waals surface area contributed by atoms with Gasteiger partial charge in [-0.2, -0.15) is 0 Å². The average molecular weight is 516 g/mol. The van der Waals surface area contributed by atoms with E-state index in [-0.39, 0.29) is 30.3 Å². The molecule has 7 heteroatoms. The lowest BCUT2D eigenvalue weighted by atomic mass is 10.0. The van der Waals surface area contributed by atoms with E-state index in [2.05, 4.69) is 35.8 Å². The number of aromatic nitrogens is 1. The number of nitrogens with zero attached hydrogens (tertiary/aromatic N) is 1. The number of aliphatic hydroxyl groups excluding tert-OH is 2. The van der Waals surface area contributed by atoms with Crippen molar-refractivity contribution in [3.8, 4) is 5.75 Å². The van der Waals surface area contributed by atoms with Crippen molar-refractivity contribution in [3.63, 3.8) is 0 Å². The number of nitrogens with one attached hydrogen (secondary N) is 2.